The second-order valence-electron chi connectivity index (χ2n) is 3.97. The maximum absolute atomic E-state index is 12.7. The molecule has 0 saturated heterocycles. The third kappa shape index (κ3) is 3.51. The first kappa shape index (κ1) is 14.1. The smallest absolute Gasteiger partial charge is 0.310 e. The van der Waals surface area contributed by atoms with Crippen molar-refractivity contribution >= 4 is 11.9 Å². The highest BCUT2D eigenvalue weighted by Gasteiger charge is 2.20. The highest BCUT2D eigenvalue weighted by molar-refractivity contribution is 5.92. The molecule has 0 saturated carbocycles. The summed E-state index contributed by atoms with van der Waals surface area (Å²) in [4.78, 5) is 28.2. The van der Waals surface area contributed by atoms with Crippen molar-refractivity contribution in [2.24, 2.45) is 5.92 Å². The summed E-state index contributed by atoms with van der Waals surface area (Å²) < 4.78 is 17.2. The van der Waals surface area contributed by atoms with Gasteiger partial charge in [0.15, 0.2) is 0 Å². The van der Waals surface area contributed by atoms with E-state index in [1.54, 1.807) is 14.0 Å². The number of aromatic nitrogens is 1. The second kappa shape index (κ2) is 6.09. The summed E-state index contributed by atoms with van der Waals surface area (Å²) in [5, 5.41) is 0. The van der Waals surface area contributed by atoms with Crippen molar-refractivity contribution in [3.05, 3.63) is 29.8 Å². The third-order valence-corrected chi connectivity index (χ3v) is 2.44. The zero-order valence-corrected chi connectivity index (χ0v) is 10.5. The number of hydrogen-bond donors (Lipinski definition) is 0. The van der Waals surface area contributed by atoms with Gasteiger partial charge in [-0.1, -0.05) is 6.92 Å². The Hall–Kier alpha value is -1.98. The van der Waals surface area contributed by atoms with Crippen LogP contribution in [0.25, 0.3) is 0 Å². The van der Waals surface area contributed by atoms with Gasteiger partial charge >= 0.3 is 5.97 Å². The predicted molar refractivity (Wildman–Crippen MR) is 62.3 cm³/mol. The molecule has 6 heteroatoms. The van der Waals surface area contributed by atoms with Gasteiger partial charge in [-0.3, -0.25) is 9.59 Å². The van der Waals surface area contributed by atoms with E-state index < -0.39 is 11.7 Å². The Balaban J connectivity index is 2.67. The van der Waals surface area contributed by atoms with Gasteiger partial charge < -0.3 is 9.64 Å². The minimum atomic E-state index is -0.503. The number of amides is 1. The van der Waals surface area contributed by atoms with Crippen molar-refractivity contribution in [1.29, 1.82) is 0 Å². The van der Waals surface area contributed by atoms with Gasteiger partial charge in [-0.15, -0.1) is 0 Å². The normalized spacial score (nSPS) is 11.8. The van der Waals surface area contributed by atoms with Crippen LogP contribution < -0.4 is 0 Å². The average molecular weight is 254 g/mol. The lowest BCUT2D eigenvalue weighted by Crippen LogP contribution is -2.34. The van der Waals surface area contributed by atoms with E-state index in [0.717, 1.165) is 12.3 Å². The number of esters is 1. The highest BCUT2D eigenvalue weighted by atomic mass is 19.1. The Labute approximate surface area is 105 Å². The largest absolute Gasteiger partial charge is 0.469 e. The van der Waals surface area contributed by atoms with Crippen LogP contribution in [0.15, 0.2) is 18.3 Å². The lowest BCUT2D eigenvalue weighted by atomic mass is 10.1. The zero-order valence-electron chi connectivity index (χ0n) is 10.5. The first-order chi connectivity index (χ1) is 8.45. The molecule has 0 spiro atoms. The molecule has 5 nitrogen and oxygen atoms in total. The maximum Gasteiger partial charge on any atom is 0.310 e. The van der Waals surface area contributed by atoms with E-state index in [-0.39, 0.29) is 24.1 Å². The molecule has 1 heterocycles. The Morgan fingerprint density at radius 2 is 2.17 bits per heavy atom. The van der Waals surface area contributed by atoms with Gasteiger partial charge in [0.05, 0.1) is 19.2 Å². The van der Waals surface area contributed by atoms with Crippen molar-refractivity contribution in [3.8, 4) is 0 Å². The van der Waals surface area contributed by atoms with E-state index in [1.807, 2.05) is 0 Å². The number of carbonyl (C=O) groups is 2. The fourth-order valence-electron chi connectivity index (χ4n) is 1.47. The van der Waals surface area contributed by atoms with Gasteiger partial charge in [-0.2, -0.15) is 0 Å². The Morgan fingerprint density at radius 1 is 1.50 bits per heavy atom. The highest BCUT2D eigenvalue weighted by Crippen LogP contribution is 2.06. The SMILES string of the molecule is COC(=O)C(C)CN(C)C(=O)c1ccc(F)cn1. The summed E-state index contributed by atoms with van der Waals surface area (Å²) in [6, 6.07) is 2.47. The molecule has 1 amide bonds. The Kier molecular flexibility index (Phi) is 4.76. The van der Waals surface area contributed by atoms with E-state index >= 15 is 0 Å². The van der Waals surface area contributed by atoms with Crippen molar-refractivity contribution in [3.63, 3.8) is 0 Å². The fourth-order valence-corrected chi connectivity index (χ4v) is 1.47. The number of carbonyl (C=O) groups excluding carboxylic acids is 2. The molecule has 1 aromatic rings. The molecule has 0 bridgehead atoms. The van der Waals surface area contributed by atoms with Gasteiger partial charge in [0.2, 0.25) is 0 Å². The summed E-state index contributed by atoms with van der Waals surface area (Å²) in [5.74, 6) is -1.69. The molecule has 0 fully saturated rings. The van der Waals surface area contributed by atoms with Crippen LogP contribution in [-0.2, 0) is 9.53 Å². The molecule has 0 radical (unpaired) electrons. The number of methoxy groups -OCH3 is 1. The molecule has 1 rings (SSSR count). The van der Waals surface area contributed by atoms with Crippen LogP contribution in [0.3, 0.4) is 0 Å². The molecular weight excluding hydrogens is 239 g/mol. The summed E-state index contributed by atoms with van der Waals surface area (Å²) in [5.41, 5.74) is 0.135. The van der Waals surface area contributed by atoms with Crippen LogP contribution in [0, 0.1) is 11.7 Å². The van der Waals surface area contributed by atoms with Crippen LogP contribution in [-0.4, -0.2) is 42.5 Å². The number of ether oxygens (including phenoxy) is 1. The lowest BCUT2D eigenvalue weighted by Gasteiger charge is -2.19. The van der Waals surface area contributed by atoms with E-state index in [2.05, 4.69) is 9.72 Å². The molecule has 18 heavy (non-hydrogen) atoms. The predicted octanol–water partition coefficient (Wildman–Crippen LogP) is 1.10. The second-order valence-corrected chi connectivity index (χ2v) is 3.97. The van der Waals surface area contributed by atoms with Crippen molar-refractivity contribution < 1.29 is 18.7 Å². The summed E-state index contributed by atoms with van der Waals surface area (Å²) in [7, 11) is 2.84. The van der Waals surface area contributed by atoms with E-state index in [1.165, 1.54) is 18.1 Å². The zero-order chi connectivity index (χ0) is 13.7. The minimum Gasteiger partial charge on any atom is -0.469 e. The van der Waals surface area contributed by atoms with E-state index in [9.17, 15) is 14.0 Å². The number of rotatable bonds is 4. The van der Waals surface area contributed by atoms with Crippen molar-refractivity contribution in [2.45, 2.75) is 6.92 Å². The quantitative estimate of drug-likeness (QED) is 0.755. The van der Waals surface area contributed by atoms with Gasteiger partial charge in [0.1, 0.15) is 11.5 Å². The van der Waals surface area contributed by atoms with Crippen LogP contribution >= 0.6 is 0 Å². The fraction of sp³-hybridized carbons (Fsp3) is 0.417. The lowest BCUT2D eigenvalue weighted by molar-refractivity contribution is -0.145. The molecule has 0 N–H and O–H groups in total. The molecule has 0 aliphatic carbocycles. The number of pyridine rings is 1. The average Bonchev–Trinajstić information content (AvgIpc) is 2.37. The van der Waals surface area contributed by atoms with Crippen LogP contribution in [0.1, 0.15) is 17.4 Å². The molecule has 0 aromatic carbocycles. The minimum absolute atomic E-state index is 0.135. The Bertz CT molecular complexity index is 433. The molecule has 1 atom stereocenters. The third-order valence-electron chi connectivity index (χ3n) is 2.44. The van der Waals surface area contributed by atoms with Gasteiger partial charge in [-0.25, -0.2) is 9.37 Å². The van der Waals surface area contributed by atoms with Gasteiger partial charge in [0.25, 0.3) is 5.91 Å². The summed E-state index contributed by atoms with van der Waals surface area (Å²) in [6.45, 7) is 1.87. The molecule has 1 aromatic heterocycles. The maximum atomic E-state index is 12.7. The topological polar surface area (TPSA) is 59.5 Å². The van der Waals surface area contributed by atoms with E-state index in [4.69, 9.17) is 0 Å². The standard InChI is InChI=1S/C12H15FN2O3/c1-8(12(17)18-3)7-15(2)11(16)10-5-4-9(13)6-14-10/h4-6,8H,7H2,1-3H3. The molecule has 0 aliphatic heterocycles. The summed E-state index contributed by atoms with van der Waals surface area (Å²) in [6.07, 6.45) is 0.977. The first-order valence-corrected chi connectivity index (χ1v) is 5.40. The Morgan fingerprint density at radius 3 is 2.67 bits per heavy atom. The molecule has 0 aliphatic rings. The first-order valence-electron chi connectivity index (χ1n) is 5.40. The van der Waals surface area contributed by atoms with Crippen LogP contribution in [0.4, 0.5) is 4.39 Å². The van der Waals surface area contributed by atoms with Crippen molar-refractivity contribution in [2.75, 3.05) is 20.7 Å². The monoisotopic (exact) mass is 254 g/mol. The van der Waals surface area contributed by atoms with Gasteiger partial charge in [0, 0.05) is 13.6 Å². The van der Waals surface area contributed by atoms with E-state index in [0.29, 0.717) is 0 Å². The molecular formula is C12H15FN2O3. The summed E-state index contributed by atoms with van der Waals surface area (Å²) >= 11 is 0. The van der Waals surface area contributed by atoms with Crippen LogP contribution in [0.5, 0.6) is 0 Å². The number of hydrogen-bond acceptors (Lipinski definition) is 4. The molecule has 1 unspecified atom stereocenters. The number of nitrogens with zero attached hydrogens (tertiary/aromatic N) is 2. The number of halogens is 1. The molecule has 98 valence electrons. The van der Waals surface area contributed by atoms with Gasteiger partial charge in [-0.05, 0) is 12.1 Å². The van der Waals surface area contributed by atoms with Crippen LogP contribution in [0.2, 0.25) is 0 Å². The van der Waals surface area contributed by atoms with Crippen molar-refractivity contribution in [1.82, 2.24) is 9.88 Å².